The van der Waals surface area contributed by atoms with E-state index in [4.69, 9.17) is 11.6 Å². The molecule has 0 amide bonds. The van der Waals surface area contributed by atoms with Crippen LogP contribution in [0.4, 0.5) is 11.4 Å². The van der Waals surface area contributed by atoms with Crippen LogP contribution in [0.15, 0.2) is 29.6 Å². The van der Waals surface area contributed by atoms with Crippen molar-refractivity contribution < 1.29 is 8.42 Å². The number of hydrogen-bond acceptors (Lipinski definition) is 4. The number of aryl methyl sites for hydroxylation is 1. The number of thiophene rings is 1. The maximum Gasteiger partial charge on any atom is 0.229 e. The van der Waals surface area contributed by atoms with Gasteiger partial charge in [0.25, 0.3) is 0 Å². The molecule has 0 bridgehead atoms. The van der Waals surface area contributed by atoms with Crippen molar-refractivity contribution in [2.24, 2.45) is 0 Å². The van der Waals surface area contributed by atoms with E-state index in [1.54, 1.807) is 29.5 Å². The standard InChI is InChI=1S/C14H17ClN2O2S2/c1-9-6-7-20-14(9)10(2)16-11-4-5-13(12(15)8-11)17-21(3,18)19/h4-8,10,16-17H,1-3H3. The van der Waals surface area contributed by atoms with E-state index in [2.05, 4.69) is 35.3 Å². The third kappa shape index (κ3) is 4.36. The lowest BCUT2D eigenvalue weighted by Gasteiger charge is -2.16. The van der Waals surface area contributed by atoms with E-state index in [1.165, 1.54) is 10.4 Å². The zero-order chi connectivity index (χ0) is 15.6. The third-order valence-corrected chi connectivity index (χ3v) is 5.05. The average molecular weight is 345 g/mol. The zero-order valence-electron chi connectivity index (χ0n) is 12.0. The van der Waals surface area contributed by atoms with E-state index in [9.17, 15) is 8.42 Å². The Bertz CT molecular complexity index is 741. The van der Waals surface area contributed by atoms with Gasteiger partial charge in [0, 0.05) is 10.6 Å². The van der Waals surface area contributed by atoms with Gasteiger partial charge < -0.3 is 5.32 Å². The maximum absolute atomic E-state index is 11.2. The van der Waals surface area contributed by atoms with Crippen LogP contribution in [0.3, 0.4) is 0 Å². The van der Waals surface area contributed by atoms with Crippen LogP contribution in [0.5, 0.6) is 0 Å². The Morgan fingerprint density at radius 2 is 2.00 bits per heavy atom. The number of halogens is 1. The molecule has 0 fully saturated rings. The SMILES string of the molecule is Cc1ccsc1C(C)Nc1ccc(NS(C)(=O)=O)c(Cl)c1. The van der Waals surface area contributed by atoms with Gasteiger partial charge in [-0.1, -0.05) is 11.6 Å². The summed E-state index contributed by atoms with van der Waals surface area (Å²) in [5.74, 6) is 0. The minimum atomic E-state index is -3.33. The molecule has 1 unspecified atom stereocenters. The van der Waals surface area contributed by atoms with E-state index >= 15 is 0 Å². The van der Waals surface area contributed by atoms with Crippen LogP contribution >= 0.6 is 22.9 Å². The van der Waals surface area contributed by atoms with Crippen LogP contribution in [0.1, 0.15) is 23.4 Å². The van der Waals surface area contributed by atoms with Crippen LogP contribution in [0.25, 0.3) is 0 Å². The minimum Gasteiger partial charge on any atom is -0.378 e. The second-order valence-electron chi connectivity index (χ2n) is 4.90. The largest absolute Gasteiger partial charge is 0.378 e. The number of rotatable bonds is 5. The minimum absolute atomic E-state index is 0.162. The van der Waals surface area contributed by atoms with Gasteiger partial charge in [-0.15, -0.1) is 11.3 Å². The maximum atomic E-state index is 11.2. The van der Waals surface area contributed by atoms with Gasteiger partial charge in [-0.25, -0.2) is 8.42 Å². The Morgan fingerprint density at radius 3 is 2.52 bits per heavy atom. The lowest BCUT2D eigenvalue weighted by molar-refractivity contribution is 0.607. The first-order valence-electron chi connectivity index (χ1n) is 6.34. The number of sulfonamides is 1. The quantitative estimate of drug-likeness (QED) is 0.852. The number of benzene rings is 1. The molecule has 21 heavy (non-hydrogen) atoms. The van der Waals surface area contributed by atoms with Crippen molar-refractivity contribution in [3.05, 3.63) is 45.1 Å². The van der Waals surface area contributed by atoms with Crippen LogP contribution in [0, 0.1) is 6.92 Å². The predicted octanol–water partition coefficient (Wildman–Crippen LogP) is 4.25. The summed E-state index contributed by atoms with van der Waals surface area (Å²) < 4.78 is 24.8. The van der Waals surface area contributed by atoms with Crippen molar-refractivity contribution in [1.29, 1.82) is 0 Å². The number of nitrogens with one attached hydrogen (secondary N) is 2. The van der Waals surface area contributed by atoms with Gasteiger partial charge in [-0.3, -0.25) is 4.72 Å². The molecule has 0 radical (unpaired) electrons. The Kier molecular flexibility index (Phi) is 4.81. The van der Waals surface area contributed by atoms with E-state index < -0.39 is 10.0 Å². The van der Waals surface area contributed by atoms with Crippen molar-refractivity contribution in [3.8, 4) is 0 Å². The molecule has 1 aromatic carbocycles. The molecule has 1 aromatic heterocycles. The zero-order valence-corrected chi connectivity index (χ0v) is 14.4. The molecular weight excluding hydrogens is 328 g/mol. The second-order valence-corrected chi connectivity index (χ2v) is 8.01. The fourth-order valence-corrected chi connectivity index (χ4v) is 3.83. The molecule has 2 N–H and O–H groups in total. The highest BCUT2D eigenvalue weighted by Crippen LogP contribution is 2.30. The highest BCUT2D eigenvalue weighted by atomic mass is 35.5. The topological polar surface area (TPSA) is 58.2 Å². The lowest BCUT2D eigenvalue weighted by atomic mass is 10.2. The summed E-state index contributed by atoms with van der Waals surface area (Å²) in [6.45, 7) is 4.16. The Morgan fingerprint density at radius 1 is 1.29 bits per heavy atom. The molecule has 0 aliphatic carbocycles. The predicted molar refractivity (Wildman–Crippen MR) is 91.0 cm³/mol. The summed E-state index contributed by atoms with van der Waals surface area (Å²) in [5, 5.41) is 5.79. The first kappa shape index (κ1) is 16.1. The average Bonchev–Trinajstić information content (AvgIpc) is 2.77. The van der Waals surface area contributed by atoms with Crippen LogP contribution in [0.2, 0.25) is 5.02 Å². The molecule has 4 nitrogen and oxygen atoms in total. The van der Waals surface area contributed by atoms with Crippen molar-refractivity contribution in [2.75, 3.05) is 16.3 Å². The highest BCUT2D eigenvalue weighted by Gasteiger charge is 2.11. The monoisotopic (exact) mass is 344 g/mol. The normalized spacial score (nSPS) is 13.0. The number of anilines is 2. The van der Waals surface area contributed by atoms with Crippen LogP contribution in [-0.4, -0.2) is 14.7 Å². The van der Waals surface area contributed by atoms with Gasteiger partial charge in [-0.05, 0) is 49.1 Å². The number of hydrogen-bond donors (Lipinski definition) is 2. The fourth-order valence-electron chi connectivity index (χ4n) is 2.03. The molecule has 2 rings (SSSR count). The van der Waals surface area contributed by atoms with E-state index in [-0.39, 0.29) is 6.04 Å². The molecule has 0 spiro atoms. The van der Waals surface area contributed by atoms with Gasteiger partial charge in [0.15, 0.2) is 0 Å². The Hall–Kier alpha value is -1.24. The van der Waals surface area contributed by atoms with Gasteiger partial charge in [0.1, 0.15) is 0 Å². The Labute approximate surface area is 134 Å². The first-order valence-corrected chi connectivity index (χ1v) is 9.49. The molecule has 7 heteroatoms. The summed E-state index contributed by atoms with van der Waals surface area (Å²) in [6.07, 6.45) is 1.09. The molecule has 0 aliphatic rings. The van der Waals surface area contributed by atoms with E-state index in [0.29, 0.717) is 10.7 Å². The van der Waals surface area contributed by atoms with Crippen LogP contribution < -0.4 is 10.0 Å². The third-order valence-electron chi connectivity index (χ3n) is 2.94. The van der Waals surface area contributed by atoms with Gasteiger partial charge in [0.05, 0.1) is 23.0 Å². The molecule has 1 atom stereocenters. The van der Waals surface area contributed by atoms with Crippen molar-refractivity contribution in [2.45, 2.75) is 19.9 Å². The highest BCUT2D eigenvalue weighted by molar-refractivity contribution is 7.92. The molecule has 2 aromatic rings. The fraction of sp³-hybridized carbons (Fsp3) is 0.286. The summed E-state index contributed by atoms with van der Waals surface area (Å²) in [5.41, 5.74) is 2.48. The molecule has 1 heterocycles. The van der Waals surface area contributed by atoms with Gasteiger partial charge in [0.2, 0.25) is 10.0 Å². The van der Waals surface area contributed by atoms with E-state index in [0.717, 1.165) is 11.9 Å². The summed E-state index contributed by atoms with van der Waals surface area (Å²) in [6, 6.07) is 7.42. The smallest absolute Gasteiger partial charge is 0.229 e. The summed E-state index contributed by atoms with van der Waals surface area (Å²) in [7, 11) is -3.33. The second kappa shape index (κ2) is 6.25. The van der Waals surface area contributed by atoms with Crippen molar-refractivity contribution in [3.63, 3.8) is 0 Å². The first-order chi connectivity index (χ1) is 9.76. The lowest BCUT2D eigenvalue weighted by Crippen LogP contribution is -2.10. The molecule has 0 saturated carbocycles. The van der Waals surface area contributed by atoms with Crippen molar-refractivity contribution in [1.82, 2.24) is 0 Å². The van der Waals surface area contributed by atoms with Crippen LogP contribution in [-0.2, 0) is 10.0 Å². The molecule has 0 saturated heterocycles. The molecular formula is C14H17ClN2O2S2. The van der Waals surface area contributed by atoms with Gasteiger partial charge in [-0.2, -0.15) is 0 Å². The molecule has 114 valence electrons. The Balaban J connectivity index is 2.15. The summed E-state index contributed by atoms with van der Waals surface area (Å²) >= 11 is 7.82. The van der Waals surface area contributed by atoms with Crippen molar-refractivity contribution >= 4 is 44.3 Å². The summed E-state index contributed by atoms with van der Waals surface area (Å²) in [4.78, 5) is 1.27. The van der Waals surface area contributed by atoms with Gasteiger partial charge >= 0.3 is 0 Å². The van der Waals surface area contributed by atoms with E-state index in [1.807, 2.05) is 0 Å². The molecule has 0 aliphatic heterocycles.